The summed E-state index contributed by atoms with van der Waals surface area (Å²) in [6.45, 7) is 0. The van der Waals surface area contributed by atoms with E-state index in [0.29, 0.717) is 5.75 Å². The van der Waals surface area contributed by atoms with Crippen LogP contribution >= 0.6 is 23.1 Å². The lowest BCUT2D eigenvalue weighted by Gasteiger charge is -2.05. The van der Waals surface area contributed by atoms with Gasteiger partial charge >= 0.3 is 0 Å². The van der Waals surface area contributed by atoms with Crippen LogP contribution in [0.3, 0.4) is 0 Å². The Morgan fingerprint density at radius 2 is 2.17 bits per heavy atom. The van der Waals surface area contributed by atoms with Crippen LogP contribution in [-0.2, 0) is 19.2 Å². The van der Waals surface area contributed by atoms with E-state index in [2.05, 4.69) is 21.6 Å². The zero-order valence-electron chi connectivity index (χ0n) is 12.8. The summed E-state index contributed by atoms with van der Waals surface area (Å²) in [5.74, 6) is 1.47. The molecule has 2 aromatic heterocycles. The number of nitrogens with zero attached hydrogens (tertiary/aromatic N) is 3. The molecule has 0 spiro atoms. The van der Waals surface area contributed by atoms with E-state index in [9.17, 15) is 4.39 Å². The Kier molecular flexibility index (Phi) is 4.97. The third-order valence-corrected chi connectivity index (χ3v) is 5.39. The first-order chi connectivity index (χ1) is 11.2. The van der Waals surface area contributed by atoms with Gasteiger partial charge in [-0.15, -0.1) is 21.5 Å². The Hall–Kier alpha value is -1.86. The van der Waals surface area contributed by atoms with Crippen molar-refractivity contribution < 1.29 is 9.13 Å². The third-order valence-electron chi connectivity index (χ3n) is 3.42. The number of methoxy groups -OCH3 is 1. The summed E-state index contributed by atoms with van der Waals surface area (Å²) in [7, 11) is 3.42. The highest BCUT2D eigenvalue weighted by Gasteiger charge is 2.11. The number of halogens is 1. The molecule has 0 aliphatic rings. The van der Waals surface area contributed by atoms with Crippen molar-refractivity contribution in [3.05, 3.63) is 57.8 Å². The molecular weight excluding hydrogens is 333 g/mol. The standard InChI is InChI=1S/C16H16FN3OS2/c1-20-15(9-12-4-3-7-22-12)18-19-16(20)23-10-11-5-6-14(21-2)13(17)8-11/h3-8H,9-10H2,1-2H3. The molecule has 0 aliphatic heterocycles. The van der Waals surface area contributed by atoms with Gasteiger partial charge < -0.3 is 9.30 Å². The topological polar surface area (TPSA) is 39.9 Å². The van der Waals surface area contributed by atoms with Crippen LogP contribution in [0.15, 0.2) is 40.9 Å². The Labute approximate surface area is 142 Å². The minimum Gasteiger partial charge on any atom is -0.494 e. The van der Waals surface area contributed by atoms with Crippen LogP contribution < -0.4 is 4.74 Å². The van der Waals surface area contributed by atoms with E-state index >= 15 is 0 Å². The SMILES string of the molecule is COc1ccc(CSc2nnc(Cc3cccs3)n2C)cc1F. The highest BCUT2D eigenvalue weighted by molar-refractivity contribution is 7.98. The molecule has 0 saturated carbocycles. The van der Waals surface area contributed by atoms with Crippen LogP contribution in [0.2, 0.25) is 0 Å². The molecule has 0 radical (unpaired) electrons. The smallest absolute Gasteiger partial charge is 0.191 e. The van der Waals surface area contributed by atoms with E-state index in [1.165, 1.54) is 18.1 Å². The average Bonchev–Trinajstić information content (AvgIpc) is 3.17. The fourth-order valence-corrected chi connectivity index (χ4v) is 3.72. The summed E-state index contributed by atoms with van der Waals surface area (Å²) in [5.41, 5.74) is 0.885. The van der Waals surface area contributed by atoms with Gasteiger partial charge in [0.25, 0.3) is 0 Å². The lowest BCUT2D eigenvalue weighted by Crippen LogP contribution is -1.99. The summed E-state index contributed by atoms with van der Waals surface area (Å²) in [5, 5.41) is 11.4. The van der Waals surface area contributed by atoms with Crippen molar-refractivity contribution >= 4 is 23.1 Å². The van der Waals surface area contributed by atoms with E-state index in [1.54, 1.807) is 29.2 Å². The predicted octanol–water partition coefficient (Wildman–Crippen LogP) is 3.91. The normalized spacial score (nSPS) is 10.9. The zero-order valence-corrected chi connectivity index (χ0v) is 14.5. The van der Waals surface area contributed by atoms with Gasteiger partial charge in [-0.25, -0.2) is 4.39 Å². The van der Waals surface area contributed by atoms with Gasteiger partial charge in [-0.3, -0.25) is 0 Å². The van der Waals surface area contributed by atoms with Gasteiger partial charge in [0.15, 0.2) is 16.7 Å². The minimum absolute atomic E-state index is 0.260. The molecule has 0 fully saturated rings. The summed E-state index contributed by atoms with van der Waals surface area (Å²) < 4.78 is 20.6. The van der Waals surface area contributed by atoms with Crippen molar-refractivity contribution in [1.82, 2.24) is 14.8 Å². The van der Waals surface area contributed by atoms with Crippen LogP contribution in [-0.4, -0.2) is 21.9 Å². The first-order valence-electron chi connectivity index (χ1n) is 7.03. The summed E-state index contributed by atoms with van der Waals surface area (Å²) in [4.78, 5) is 1.26. The molecule has 1 aromatic carbocycles. The monoisotopic (exact) mass is 349 g/mol. The van der Waals surface area contributed by atoms with Crippen molar-refractivity contribution in [1.29, 1.82) is 0 Å². The zero-order chi connectivity index (χ0) is 16.2. The summed E-state index contributed by atoms with van der Waals surface area (Å²) in [6.07, 6.45) is 0.777. The fraction of sp³-hybridized carbons (Fsp3) is 0.250. The van der Waals surface area contributed by atoms with E-state index < -0.39 is 0 Å². The van der Waals surface area contributed by atoms with Gasteiger partial charge in [-0.05, 0) is 29.1 Å². The highest BCUT2D eigenvalue weighted by atomic mass is 32.2. The first kappa shape index (κ1) is 16.0. The van der Waals surface area contributed by atoms with Crippen LogP contribution in [0.5, 0.6) is 5.75 Å². The Bertz CT molecular complexity index is 787. The second-order valence-electron chi connectivity index (χ2n) is 4.97. The number of rotatable bonds is 6. The quantitative estimate of drug-likeness (QED) is 0.633. The highest BCUT2D eigenvalue weighted by Crippen LogP contribution is 2.25. The van der Waals surface area contributed by atoms with Crippen molar-refractivity contribution in [3.8, 4) is 5.75 Å². The third kappa shape index (κ3) is 3.73. The molecule has 120 valence electrons. The molecule has 0 bridgehead atoms. The lowest BCUT2D eigenvalue weighted by molar-refractivity contribution is 0.386. The number of thiophene rings is 1. The van der Waals surface area contributed by atoms with E-state index in [0.717, 1.165) is 23.0 Å². The summed E-state index contributed by atoms with van der Waals surface area (Å²) in [6, 6.07) is 9.12. The Morgan fingerprint density at radius 3 is 2.87 bits per heavy atom. The van der Waals surface area contributed by atoms with Crippen molar-refractivity contribution in [3.63, 3.8) is 0 Å². The van der Waals surface area contributed by atoms with Crippen LogP contribution in [0.1, 0.15) is 16.3 Å². The molecule has 0 aliphatic carbocycles. The molecular formula is C16H16FN3OS2. The first-order valence-corrected chi connectivity index (χ1v) is 8.89. The maximum absolute atomic E-state index is 13.7. The van der Waals surface area contributed by atoms with E-state index in [4.69, 9.17) is 4.74 Å². The lowest BCUT2D eigenvalue weighted by atomic mass is 10.2. The predicted molar refractivity (Wildman–Crippen MR) is 90.6 cm³/mol. The molecule has 7 heteroatoms. The second-order valence-corrected chi connectivity index (χ2v) is 6.95. The maximum atomic E-state index is 13.7. The largest absolute Gasteiger partial charge is 0.494 e. The average molecular weight is 349 g/mol. The molecule has 4 nitrogen and oxygen atoms in total. The van der Waals surface area contributed by atoms with Crippen LogP contribution in [0.25, 0.3) is 0 Å². The number of aromatic nitrogens is 3. The molecule has 0 atom stereocenters. The number of hydrogen-bond donors (Lipinski definition) is 0. The maximum Gasteiger partial charge on any atom is 0.191 e. The molecule has 0 N–H and O–H groups in total. The molecule has 3 rings (SSSR count). The number of ether oxygens (including phenoxy) is 1. The van der Waals surface area contributed by atoms with Gasteiger partial charge in [0.2, 0.25) is 0 Å². The molecule has 23 heavy (non-hydrogen) atoms. The van der Waals surface area contributed by atoms with Gasteiger partial charge in [0.05, 0.1) is 7.11 Å². The molecule has 2 heterocycles. The van der Waals surface area contributed by atoms with E-state index in [1.807, 2.05) is 23.7 Å². The van der Waals surface area contributed by atoms with Gasteiger partial charge in [0, 0.05) is 24.1 Å². The second kappa shape index (κ2) is 7.14. The van der Waals surface area contributed by atoms with E-state index in [-0.39, 0.29) is 11.6 Å². The minimum atomic E-state index is -0.345. The van der Waals surface area contributed by atoms with Crippen molar-refractivity contribution in [2.75, 3.05) is 7.11 Å². The van der Waals surface area contributed by atoms with Crippen molar-refractivity contribution in [2.24, 2.45) is 7.05 Å². The Balaban J connectivity index is 1.67. The Morgan fingerprint density at radius 1 is 1.30 bits per heavy atom. The van der Waals surface area contributed by atoms with Crippen LogP contribution in [0, 0.1) is 5.82 Å². The number of thioether (sulfide) groups is 1. The fourth-order valence-electron chi connectivity index (χ4n) is 2.14. The number of hydrogen-bond acceptors (Lipinski definition) is 5. The molecule has 0 saturated heterocycles. The van der Waals surface area contributed by atoms with Gasteiger partial charge in [-0.1, -0.05) is 23.9 Å². The van der Waals surface area contributed by atoms with Crippen molar-refractivity contribution in [2.45, 2.75) is 17.3 Å². The van der Waals surface area contributed by atoms with Gasteiger partial charge in [0.1, 0.15) is 5.82 Å². The van der Waals surface area contributed by atoms with Crippen LogP contribution in [0.4, 0.5) is 4.39 Å². The molecule has 0 amide bonds. The molecule has 0 unspecified atom stereocenters. The number of benzene rings is 1. The summed E-state index contributed by atoms with van der Waals surface area (Å²) >= 11 is 3.25. The molecule has 3 aromatic rings. The van der Waals surface area contributed by atoms with Gasteiger partial charge in [-0.2, -0.15) is 0 Å².